The number of benzene rings is 2. The molecule has 0 aliphatic rings. The summed E-state index contributed by atoms with van der Waals surface area (Å²) in [7, 11) is 0. The van der Waals surface area contributed by atoms with E-state index in [4.69, 9.17) is 4.74 Å². The zero-order chi connectivity index (χ0) is 18.6. The largest absolute Gasteiger partial charge is 0.393 e. The van der Waals surface area contributed by atoms with E-state index in [1.807, 2.05) is 48.7 Å². The number of esters is 2. The molecule has 0 aliphatic heterocycles. The Morgan fingerprint density at radius 1 is 0.778 bits per heavy atom. The molecule has 0 aliphatic carbocycles. The van der Waals surface area contributed by atoms with Crippen molar-refractivity contribution in [2.75, 3.05) is 0 Å². The van der Waals surface area contributed by atoms with Crippen molar-refractivity contribution in [3.63, 3.8) is 0 Å². The second-order valence-corrected chi connectivity index (χ2v) is 6.60. The number of rotatable bonds is 6. The van der Waals surface area contributed by atoms with Crippen LogP contribution in [0.5, 0.6) is 0 Å². The summed E-state index contributed by atoms with van der Waals surface area (Å²) in [5, 5.41) is 2.14. The number of nitrogens with one attached hydrogen (secondary N) is 2. The highest BCUT2D eigenvalue weighted by molar-refractivity contribution is 5.91. The maximum atomic E-state index is 12.1. The van der Waals surface area contributed by atoms with Gasteiger partial charge in [-0.15, -0.1) is 0 Å². The second kappa shape index (κ2) is 7.50. The number of ether oxygens (including phenoxy) is 1. The number of para-hydroxylation sites is 2. The van der Waals surface area contributed by atoms with Crippen LogP contribution in [0.2, 0.25) is 0 Å². The van der Waals surface area contributed by atoms with E-state index in [9.17, 15) is 9.59 Å². The van der Waals surface area contributed by atoms with Crippen molar-refractivity contribution in [2.45, 2.75) is 25.7 Å². The van der Waals surface area contributed by atoms with Gasteiger partial charge in [0, 0.05) is 40.6 Å². The van der Waals surface area contributed by atoms with Gasteiger partial charge in [-0.25, -0.2) is 0 Å². The molecule has 0 atom stereocenters. The van der Waals surface area contributed by atoms with E-state index in [0.29, 0.717) is 6.42 Å². The van der Waals surface area contributed by atoms with Crippen LogP contribution in [0.4, 0.5) is 0 Å². The van der Waals surface area contributed by atoms with E-state index in [-0.39, 0.29) is 12.8 Å². The third-order valence-electron chi connectivity index (χ3n) is 4.74. The SMILES string of the molecule is O=C(CCCc1c[nH]c2ccccc12)OC(=O)Cc1c[nH]c2ccccc12. The molecule has 0 fully saturated rings. The molecule has 0 radical (unpaired) electrons. The summed E-state index contributed by atoms with van der Waals surface area (Å²) in [6, 6.07) is 15.8. The highest BCUT2D eigenvalue weighted by atomic mass is 16.6. The summed E-state index contributed by atoms with van der Waals surface area (Å²) in [6.07, 6.45) is 5.46. The number of hydrogen-bond donors (Lipinski definition) is 2. The lowest BCUT2D eigenvalue weighted by molar-refractivity contribution is -0.159. The van der Waals surface area contributed by atoms with Crippen LogP contribution in [0.3, 0.4) is 0 Å². The predicted molar refractivity (Wildman–Crippen MR) is 104 cm³/mol. The summed E-state index contributed by atoms with van der Waals surface area (Å²) < 4.78 is 4.98. The molecular weight excluding hydrogens is 340 g/mol. The standard InChI is InChI=1S/C22H20N2O3/c25-21(11-5-6-15-13-23-19-9-3-1-7-17(15)19)27-22(26)12-16-14-24-20-10-4-2-8-18(16)20/h1-4,7-10,13-14,23-24H,5-6,11-12H2. The van der Waals surface area contributed by atoms with Crippen LogP contribution in [-0.4, -0.2) is 21.9 Å². The van der Waals surface area contributed by atoms with Gasteiger partial charge in [0.25, 0.3) is 0 Å². The summed E-state index contributed by atoms with van der Waals surface area (Å²) in [4.78, 5) is 30.4. The number of aromatic amines is 2. The molecule has 0 bridgehead atoms. The molecule has 5 nitrogen and oxygen atoms in total. The van der Waals surface area contributed by atoms with Crippen LogP contribution in [-0.2, 0) is 27.2 Å². The zero-order valence-corrected chi connectivity index (χ0v) is 14.8. The lowest BCUT2D eigenvalue weighted by Crippen LogP contribution is -2.14. The predicted octanol–water partition coefficient (Wildman–Crippen LogP) is 4.28. The lowest BCUT2D eigenvalue weighted by Gasteiger charge is -2.03. The van der Waals surface area contributed by atoms with E-state index < -0.39 is 11.9 Å². The average molecular weight is 360 g/mol. The van der Waals surface area contributed by atoms with Crippen molar-refractivity contribution in [1.82, 2.24) is 9.97 Å². The third-order valence-corrected chi connectivity index (χ3v) is 4.74. The number of aromatic nitrogens is 2. The highest BCUT2D eigenvalue weighted by Crippen LogP contribution is 2.20. The molecule has 4 aromatic rings. The normalized spacial score (nSPS) is 11.1. The van der Waals surface area contributed by atoms with Gasteiger partial charge in [-0.05, 0) is 36.1 Å². The second-order valence-electron chi connectivity index (χ2n) is 6.60. The fourth-order valence-electron chi connectivity index (χ4n) is 3.41. The Hall–Kier alpha value is -3.34. The first-order chi connectivity index (χ1) is 13.2. The number of hydrogen-bond acceptors (Lipinski definition) is 3. The Kier molecular flexibility index (Phi) is 4.75. The minimum Gasteiger partial charge on any atom is -0.393 e. The van der Waals surface area contributed by atoms with Crippen molar-refractivity contribution in [3.05, 3.63) is 72.1 Å². The molecule has 0 unspecified atom stereocenters. The lowest BCUT2D eigenvalue weighted by atomic mass is 10.1. The Morgan fingerprint density at radius 2 is 1.37 bits per heavy atom. The fraction of sp³-hybridized carbons (Fsp3) is 0.182. The van der Waals surface area contributed by atoms with E-state index in [2.05, 4.69) is 16.0 Å². The first-order valence-corrected chi connectivity index (χ1v) is 9.04. The molecule has 0 saturated carbocycles. The molecule has 5 heteroatoms. The average Bonchev–Trinajstić information content (AvgIpc) is 3.26. The Labute approximate surface area is 156 Å². The summed E-state index contributed by atoms with van der Waals surface area (Å²) in [6.45, 7) is 0. The first-order valence-electron chi connectivity index (χ1n) is 9.04. The number of carbonyl (C=O) groups is 2. The summed E-state index contributed by atoms with van der Waals surface area (Å²) >= 11 is 0. The van der Waals surface area contributed by atoms with Crippen LogP contribution in [0.1, 0.15) is 24.0 Å². The number of H-pyrrole nitrogens is 2. The summed E-state index contributed by atoms with van der Waals surface area (Å²) in [5.41, 5.74) is 4.06. The topological polar surface area (TPSA) is 75.0 Å². The molecule has 2 aromatic carbocycles. The molecule has 27 heavy (non-hydrogen) atoms. The van der Waals surface area contributed by atoms with Crippen molar-refractivity contribution >= 4 is 33.7 Å². The molecule has 4 rings (SSSR count). The minimum atomic E-state index is -0.517. The molecule has 2 N–H and O–H groups in total. The molecule has 136 valence electrons. The van der Waals surface area contributed by atoms with Crippen molar-refractivity contribution in [1.29, 1.82) is 0 Å². The van der Waals surface area contributed by atoms with Gasteiger partial charge in [0.1, 0.15) is 0 Å². The van der Waals surface area contributed by atoms with Gasteiger partial charge in [0.05, 0.1) is 6.42 Å². The van der Waals surface area contributed by atoms with E-state index in [1.165, 1.54) is 10.9 Å². The van der Waals surface area contributed by atoms with Crippen molar-refractivity contribution in [2.24, 2.45) is 0 Å². The maximum Gasteiger partial charge on any atom is 0.317 e. The van der Waals surface area contributed by atoms with E-state index in [1.54, 1.807) is 6.20 Å². The Morgan fingerprint density at radius 3 is 2.07 bits per heavy atom. The van der Waals surface area contributed by atoms with Crippen LogP contribution in [0.25, 0.3) is 21.8 Å². The van der Waals surface area contributed by atoms with Gasteiger partial charge < -0.3 is 14.7 Å². The van der Waals surface area contributed by atoms with Gasteiger partial charge >= 0.3 is 11.9 Å². The van der Waals surface area contributed by atoms with E-state index in [0.717, 1.165) is 28.4 Å². The molecule has 0 spiro atoms. The van der Waals surface area contributed by atoms with Crippen molar-refractivity contribution in [3.8, 4) is 0 Å². The van der Waals surface area contributed by atoms with Gasteiger partial charge in [0.2, 0.25) is 0 Å². The van der Waals surface area contributed by atoms with Gasteiger partial charge in [-0.1, -0.05) is 36.4 Å². The molecule has 0 amide bonds. The highest BCUT2D eigenvalue weighted by Gasteiger charge is 2.14. The quantitative estimate of drug-likeness (QED) is 0.398. The van der Waals surface area contributed by atoms with Crippen LogP contribution < -0.4 is 0 Å². The third kappa shape index (κ3) is 3.77. The van der Waals surface area contributed by atoms with Crippen molar-refractivity contribution < 1.29 is 14.3 Å². The van der Waals surface area contributed by atoms with Gasteiger partial charge in [-0.2, -0.15) is 0 Å². The summed E-state index contributed by atoms with van der Waals surface area (Å²) in [5.74, 6) is -0.989. The first kappa shape index (κ1) is 17.1. The molecule has 0 saturated heterocycles. The fourth-order valence-corrected chi connectivity index (χ4v) is 3.41. The number of fused-ring (bicyclic) bond motifs is 2. The van der Waals surface area contributed by atoms with Gasteiger partial charge in [-0.3, -0.25) is 9.59 Å². The Bertz CT molecular complexity index is 1110. The van der Waals surface area contributed by atoms with Crippen LogP contribution >= 0.6 is 0 Å². The van der Waals surface area contributed by atoms with E-state index >= 15 is 0 Å². The maximum absolute atomic E-state index is 12.1. The minimum absolute atomic E-state index is 0.0815. The Balaban J connectivity index is 1.28. The van der Waals surface area contributed by atoms with Crippen LogP contribution in [0.15, 0.2) is 60.9 Å². The molecule has 2 heterocycles. The number of carbonyl (C=O) groups excluding carboxylic acids is 2. The number of aryl methyl sites for hydroxylation is 1. The zero-order valence-electron chi connectivity index (χ0n) is 14.8. The molecule has 2 aromatic heterocycles. The monoisotopic (exact) mass is 360 g/mol. The van der Waals surface area contributed by atoms with Crippen LogP contribution in [0, 0.1) is 0 Å². The van der Waals surface area contributed by atoms with Gasteiger partial charge in [0.15, 0.2) is 0 Å². The molecular formula is C22H20N2O3. The smallest absolute Gasteiger partial charge is 0.317 e.